The molecule has 0 spiro atoms. The number of phosphoric ester groups is 1. The van der Waals surface area contributed by atoms with Crippen LogP contribution < -0.4 is 9.42 Å². The molecule has 1 rings (SSSR count). The Labute approximate surface area is 99.8 Å². The molecular weight excluding hydrogens is 292 g/mol. The molecule has 18 heavy (non-hydrogen) atoms. The maximum atomic E-state index is 11.0. The Kier molecular flexibility index (Phi) is 4.23. The fourth-order valence-corrected chi connectivity index (χ4v) is 2.46. The van der Waals surface area contributed by atoms with Crippen LogP contribution in [0.3, 0.4) is 0 Å². The van der Waals surface area contributed by atoms with Gasteiger partial charge in [0.05, 0.1) is 4.92 Å². The van der Waals surface area contributed by atoms with E-state index in [2.05, 4.69) is 8.83 Å². The summed E-state index contributed by atoms with van der Waals surface area (Å²) in [6, 6.07) is 3.77. The maximum absolute atomic E-state index is 11.0. The third-order valence-electron chi connectivity index (χ3n) is 1.47. The normalized spacial score (nSPS) is 14.8. The minimum absolute atomic E-state index is 0.306. The molecule has 12 heteroatoms. The van der Waals surface area contributed by atoms with E-state index in [1.54, 1.807) is 0 Å². The zero-order valence-corrected chi connectivity index (χ0v) is 10.2. The Morgan fingerprint density at radius 1 is 1.17 bits per heavy atom. The molecule has 1 aromatic rings. The molecule has 0 heterocycles. The molecule has 0 aromatic heterocycles. The average Bonchev–Trinajstić information content (AvgIpc) is 2.13. The van der Waals surface area contributed by atoms with Crippen molar-refractivity contribution < 1.29 is 37.6 Å². The SMILES string of the molecule is O=[N+]([O-])c1ccc(OP(=O)([O-])OP(=O)(O)O)cc1. The largest absolute Gasteiger partial charge is 0.746 e. The zero-order chi connectivity index (χ0) is 14.0. The van der Waals surface area contributed by atoms with Gasteiger partial charge >= 0.3 is 15.6 Å². The van der Waals surface area contributed by atoms with Crippen molar-refractivity contribution in [2.45, 2.75) is 0 Å². The summed E-state index contributed by atoms with van der Waals surface area (Å²) in [5.41, 5.74) is -0.306. The van der Waals surface area contributed by atoms with E-state index in [1.165, 1.54) is 0 Å². The first-order valence-electron chi connectivity index (χ1n) is 4.11. The second-order valence-corrected chi connectivity index (χ2v) is 5.57. The molecule has 0 aliphatic heterocycles. The molecule has 0 amide bonds. The van der Waals surface area contributed by atoms with Crippen LogP contribution in [0.25, 0.3) is 0 Å². The van der Waals surface area contributed by atoms with Gasteiger partial charge in [0.15, 0.2) is 0 Å². The second kappa shape index (κ2) is 5.15. The van der Waals surface area contributed by atoms with Crippen molar-refractivity contribution in [1.29, 1.82) is 0 Å². The highest BCUT2D eigenvalue weighted by molar-refractivity contribution is 7.60. The number of phosphoric acid groups is 2. The number of hydrogen-bond donors (Lipinski definition) is 2. The molecular formula is C6H6NO9P2-. The highest BCUT2D eigenvalue weighted by atomic mass is 31.3. The summed E-state index contributed by atoms with van der Waals surface area (Å²) >= 11 is 0. The smallest absolute Gasteiger partial charge is 0.476 e. The summed E-state index contributed by atoms with van der Waals surface area (Å²) in [6.07, 6.45) is 0. The summed E-state index contributed by atoms with van der Waals surface area (Å²) in [7, 11) is -10.5. The molecule has 0 fully saturated rings. The van der Waals surface area contributed by atoms with E-state index in [0.717, 1.165) is 24.3 Å². The van der Waals surface area contributed by atoms with Gasteiger partial charge < -0.3 is 19.2 Å². The van der Waals surface area contributed by atoms with E-state index in [9.17, 15) is 24.1 Å². The highest BCUT2D eigenvalue weighted by Gasteiger charge is 2.25. The number of nitro groups is 1. The van der Waals surface area contributed by atoms with Crippen LogP contribution in [0.5, 0.6) is 5.75 Å². The summed E-state index contributed by atoms with van der Waals surface area (Å²) in [4.78, 5) is 37.2. The van der Waals surface area contributed by atoms with Gasteiger partial charge in [-0.1, -0.05) is 0 Å². The molecule has 2 N–H and O–H groups in total. The summed E-state index contributed by atoms with van der Waals surface area (Å²) in [6.45, 7) is 0. The van der Waals surface area contributed by atoms with E-state index in [4.69, 9.17) is 9.79 Å². The molecule has 1 unspecified atom stereocenters. The van der Waals surface area contributed by atoms with E-state index in [0.29, 0.717) is 0 Å². The van der Waals surface area contributed by atoms with Crippen LogP contribution in [-0.4, -0.2) is 14.7 Å². The second-order valence-electron chi connectivity index (χ2n) is 2.86. The molecule has 0 saturated heterocycles. The van der Waals surface area contributed by atoms with Crippen LogP contribution in [-0.2, 0) is 13.4 Å². The van der Waals surface area contributed by atoms with Crippen LogP contribution >= 0.6 is 15.6 Å². The zero-order valence-electron chi connectivity index (χ0n) is 8.40. The molecule has 0 saturated carbocycles. The van der Waals surface area contributed by atoms with Gasteiger partial charge in [-0.3, -0.25) is 14.7 Å². The number of nitro benzene ring substituents is 1. The molecule has 0 radical (unpaired) electrons. The van der Waals surface area contributed by atoms with Crippen molar-refractivity contribution in [3.05, 3.63) is 34.4 Å². The summed E-state index contributed by atoms with van der Waals surface area (Å²) in [5.74, 6) is -0.382. The predicted octanol–water partition coefficient (Wildman–Crippen LogP) is 0.551. The molecule has 10 nitrogen and oxygen atoms in total. The molecule has 0 aliphatic rings. The van der Waals surface area contributed by atoms with Crippen molar-refractivity contribution in [3.63, 3.8) is 0 Å². The Hall–Kier alpha value is -1.28. The van der Waals surface area contributed by atoms with Gasteiger partial charge in [0.2, 0.25) is 0 Å². The van der Waals surface area contributed by atoms with Gasteiger partial charge in [-0.2, -0.15) is 0 Å². The van der Waals surface area contributed by atoms with E-state index >= 15 is 0 Å². The van der Waals surface area contributed by atoms with E-state index in [1.807, 2.05) is 0 Å². The van der Waals surface area contributed by atoms with Crippen LogP contribution in [0.15, 0.2) is 24.3 Å². The Morgan fingerprint density at radius 2 is 1.67 bits per heavy atom. The monoisotopic (exact) mass is 298 g/mol. The van der Waals surface area contributed by atoms with Crippen LogP contribution in [0.2, 0.25) is 0 Å². The average molecular weight is 298 g/mol. The number of nitrogens with zero attached hydrogens (tertiary/aromatic N) is 1. The first-order valence-corrected chi connectivity index (χ1v) is 7.10. The standard InChI is InChI=1S/C6H7NO9P2/c8-7(9)5-1-3-6(4-2-5)15-18(13,14)16-17(10,11)12/h1-4H,(H,13,14)(H2,10,11,12)/p-1. The van der Waals surface area contributed by atoms with E-state index < -0.39 is 20.6 Å². The quantitative estimate of drug-likeness (QED) is 0.449. The van der Waals surface area contributed by atoms with Gasteiger partial charge in [-0.15, -0.1) is 0 Å². The molecule has 1 aromatic carbocycles. The minimum Gasteiger partial charge on any atom is -0.746 e. The molecule has 100 valence electrons. The van der Waals surface area contributed by atoms with Crippen molar-refractivity contribution >= 4 is 21.3 Å². The summed E-state index contributed by atoms with van der Waals surface area (Å²) in [5, 5.41) is 10.3. The fraction of sp³-hybridized carbons (Fsp3) is 0. The minimum atomic E-state index is -5.26. The van der Waals surface area contributed by atoms with Crippen molar-refractivity contribution in [2.24, 2.45) is 0 Å². The fourth-order valence-electron chi connectivity index (χ4n) is 0.905. The third kappa shape index (κ3) is 4.92. The van der Waals surface area contributed by atoms with Gasteiger partial charge in [-0.25, -0.2) is 8.88 Å². The van der Waals surface area contributed by atoms with Crippen LogP contribution in [0.1, 0.15) is 0 Å². The Bertz CT molecular complexity index is 534. The van der Waals surface area contributed by atoms with Crippen molar-refractivity contribution in [2.75, 3.05) is 0 Å². The number of non-ortho nitro benzene ring substituents is 1. The van der Waals surface area contributed by atoms with Crippen molar-refractivity contribution in [3.8, 4) is 5.75 Å². The van der Waals surface area contributed by atoms with Crippen LogP contribution in [0.4, 0.5) is 5.69 Å². The first kappa shape index (κ1) is 14.8. The van der Waals surface area contributed by atoms with Gasteiger partial charge in [0, 0.05) is 12.1 Å². The summed E-state index contributed by atoms with van der Waals surface area (Å²) < 4.78 is 28.9. The molecule has 1 atom stereocenters. The third-order valence-corrected chi connectivity index (χ3v) is 3.56. The van der Waals surface area contributed by atoms with Crippen molar-refractivity contribution in [1.82, 2.24) is 0 Å². The number of hydrogen-bond acceptors (Lipinski definition) is 7. The first-order chi connectivity index (χ1) is 8.09. The van der Waals surface area contributed by atoms with Gasteiger partial charge in [-0.05, 0) is 12.1 Å². The molecule has 0 bridgehead atoms. The lowest BCUT2D eigenvalue weighted by Crippen LogP contribution is -2.09. The number of benzene rings is 1. The highest BCUT2D eigenvalue weighted by Crippen LogP contribution is 2.54. The Morgan fingerprint density at radius 3 is 2.06 bits per heavy atom. The van der Waals surface area contributed by atoms with Gasteiger partial charge in [0.1, 0.15) is 5.75 Å². The lowest BCUT2D eigenvalue weighted by Gasteiger charge is -2.22. The molecule has 0 aliphatic carbocycles. The Balaban J connectivity index is 2.82. The van der Waals surface area contributed by atoms with Crippen LogP contribution in [0, 0.1) is 10.1 Å². The topological polar surface area (TPSA) is 159 Å². The number of rotatable bonds is 5. The lowest BCUT2D eigenvalue weighted by molar-refractivity contribution is -0.384. The lowest BCUT2D eigenvalue weighted by atomic mass is 10.3. The maximum Gasteiger partial charge on any atom is 0.476 e. The van der Waals surface area contributed by atoms with E-state index in [-0.39, 0.29) is 11.4 Å². The predicted molar refractivity (Wildman–Crippen MR) is 54.5 cm³/mol. The van der Waals surface area contributed by atoms with Gasteiger partial charge in [0.25, 0.3) is 5.69 Å².